The number of hydrogen-bond donors (Lipinski definition) is 6. The first kappa shape index (κ1) is 37.7. The molecule has 0 aromatic rings. The molecule has 0 saturated carbocycles. The predicted molar refractivity (Wildman–Crippen MR) is 153 cm³/mol. The number of piperidine rings is 3. The Kier molecular flexibility index (Phi) is 22.0. The predicted octanol–water partition coefficient (Wildman–Crippen LogP) is 4.51. The van der Waals surface area contributed by atoms with E-state index in [0.717, 1.165) is 57.8 Å². The van der Waals surface area contributed by atoms with E-state index in [1.807, 2.05) is 0 Å². The minimum Gasteiger partial charge on any atom is -0.465 e. The second-order valence-electron chi connectivity index (χ2n) is 10.4. The van der Waals surface area contributed by atoms with Crippen LogP contribution in [0.3, 0.4) is 0 Å². The summed E-state index contributed by atoms with van der Waals surface area (Å²) < 4.78 is 0. The van der Waals surface area contributed by atoms with Crippen molar-refractivity contribution in [2.45, 2.75) is 122 Å². The van der Waals surface area contributed by atoms with Gasteiger partial charge in [0.05, 0.1) is 0 Å². The lowest BCUT2D eigenvalue weighted by Gasteiger charge is -2.33. The number of unbranched alkanes of at least 4 members (excludes halogenated alkanes) is 1. The Balaban J connectivity index is 0.000000534. The van der Waals surface area contributed by atoms with Gasteiger partial charge in [0.15, 0.2) is 0 Å². The van der Waals surface area contributed by atoms with Gasteiger partial charge in [0.2, 0.25) is 0 Å². The summed E-state index contributed by atoms with van der Waals surface area (Å²) in [5, 5.41) is 52.4. The molecule has 3 aliphatic rings. The van der Waals surface area contributed by atoms with E-state index in [9.17, 15) is 14.4 Å². The van der Waals surface area contributed by atoms with Crippen LogP contribution in [0.1, 0.15) is 104 Å². The van der Waals surface area contributed by atoms with E-state index in [0.29, 0.717) is 38.9 Å². The number of carbonyl (C=O) groups is 3. The maximum absolute atomic E-state index is 10.7. The van der Waals surface area contributed by atoms with E-state index in [2.05, 4.69) is 13.8 Å². The highest BCUT2D eigenvalue weighted by atomic mass is 16.4. The second-order valence-corrected chi connectivity index (χ2v) is 10.4. The van der Waals surface area contributed by atoms with Crippen molar-refractivity contribution in [2.24, 2.45) is 0 Å². The third-order valence-corrected chi connectivity index (χ3v) is 7.51. The molecule has 3 atom stereocenters. The minimum atomic E-state index is -0.854. The van der Waals surface area contributed by atoms with Crippen LogP contribution in [0, 0.1) is 0 Å². The van der Waals surface area contributed by atoms with Gasteiger partial charge in [-0.3, -0.25) is 0 Å². The van der Waals surface area contributed by atoms with E-state index in [4.69, 9.17) is 30.6 Å². The first-order chi connectivity index (χ1) is 19.2. The molecule has 6 N–H and O–H groups in total. The van der Waals surface area contributed by atoms with Crippen LogP contribution in [-0.2, 0) is 0 Å². The zero-order chi connectivity index (χ0) is 30.3. The molecule has 12 nitrogen and oxygen atoms in total. The first-order valence-electron chi connectivity index (χ1n) is 15.0. The van der Waals surface area contributed by atoms with Crippen LogP contribution in [0.5, 0.6) is 0 Å². The fourth-order valence-electron chi connectivity index (χ4n) is 5.10. The molecule has 3 unspecified atom stereocenters. The SMILES string of the molecule is CCCC.O=C(O)N1CCCCC1CCO.O=C(O)N1CCCCC1CCO.O=C(O)N1CCCCC1CCO. The molecule has 236 valence electrons. The summed E-state index contributed by atoms with van der Waals surface area (Å²) in [5.74, 6) is 0. The van der Waals surface area contributed by atoms with Gasteiger partial charge in [-0.2, -0.15) is 0 Å². The van der Waals surface area contributed by atoms with Gasteiger partial charge in [-0.25, -0.2) is 14.4 Å². The van der Waals surface area contributed by atoms with Crippen LogP contribution in [-0.4, -0.2) is 121 Å². The highest BCUT2D eigenvalue weighted by Crippen LogP contribution is 2.20. The first-order valence-corrected chi connectivity index (χ1v) is 15.0. The highest BCUT2D eigenvalue weighted by molar-refractivity contribution is 5.66. The van der Waals surface area contributed by atoms with Crippen LogP contribution in [0.25, 0.3) is 0 Å². The molecule has 0 aromatic carbocycles. The number of likely N-dealkylation sites (tertiary alicyclic amines) is 3. The molecule has 0 aliphatic carbocycles. The fraction of sp³-hybridized carbons (Fsp3) is 0.893. The molecule has 3 heterocycles. The smallest absolute Gasteiger partial charge is 0.407 e. The number of aliphatic hydroxyl groups excluding tert-OH is 3. The van der Waals surface area contributed by atoms with E-state index in [-0.39, 0.29) is 37.9 Å². The summed E-state index contributed by atoms with van der Waals surface area (Å²) in [6.45, 7) is 6.47. The normalized spacial score (nSPS) is 22.4. The topological polar surface area (TPSA) is 182 Å². The number of aliphatic hydroxyl groups is 3. The summed E-state index contributed by atoms with van der Waals surface area (Å²) >= 11 is 0. The van der Waals surface area contributed by atoms with Crippen molar-refractivity contribution >= 4 is 18.3 Å². The van der Waals surface area contributed by atoms with Gasteiger partial charge in [0.25, 0.3) is 0 Å². The maximum atomic E-state index is 10.7. The van der Waals surface area contributed by atoms with Crippen molar-refractivity contribution in [3.05, 3.63) is 0 Å². The average Bonchev–Trinajstić information content (AvgIpc) is 2.95. The number of nitrogens with zero attached hydrogens (tertiary/aromatic N) is 3. The standard InChI is InChI=1S/3C8H15NO3.C4H10/c3*10-6-4-7-3-1-2-5-9(7)8(11)12;1-3-4-2/h3*7,10H,1-6H2,(H,11,12);3-4H2,1-2H3. The van der Waals surface area contributed by atoms with Gasteiger partial charge < -0.3 is 45.3 Å². The monoisotopic (exact) mass is 577 g/mol. The Morgan fingerprint density at radius 1 is 0.525 bits per heavy atom. The second kappa shape index (κ2) is 23.4. The third kappa shape index (κ3) is 15.5. The van der Waals surface area contributed by atoms with Gasteiger partial charge in [-0.05, 0) is 77.0 Å². The molecule has 3 amide bonds. The van der Waals surface area contributed by atoms with Crippen LogP contribution in [0.2, 0.25) is 0 Å². The zero-order valence-electron chi connectivity index (χ0n) is 24.6. The van der Waals surface area contributed by atoms with Gasteiger partial charge in [0.1, 0.15) is 0 Å². The van der Waals surface area contributed by atoms with E-state index >= 15 is 0 Å². The van der Waals surface area contributed by atoms with E-state index in [1.54, 1.807) is 0 Å². The molecule has 0 bridgehead atoms. The third-order valence-electron chi connectivity index (χ3n) is 7.51. The van der Waals surface area contributed by atoms with Crippen LogP contribution < -0.4 is 0 Å². The summed E-state index contributed by atoms with van der Waals surface area (Å²) in [7, 11) is 0. The molecule has 3 fully saturated rings. The zero-order valence-corrected chi connectivity index (χ0v) is 24.6. The molecule has 3 saturated heterocycles. The van der Waals surface area contributed by atoms with Crippen molar-refractivity contribution in [1.82, 2.24) is 14.7 Å². The quantitative estimate of drug-likeness (QED) is 0.253. The summed E-state index contributed by atoms with van der Waals surface area (Å²) in [6.07, 6.45) is 10.6. The number of carboxylic acid groups (broad SMARTS) is 3. The highest BCUT2D eigenvalue weighted by Gasteiger charge is 2.27. The van der Waals surface area contributed by atoms with Crippen molar-refractivity contribution < 1.29 is 45.0 Å². The molecule has 40 heavy (non-hydrogen) atoms. The van der Waals surface area contributed by atoms with Gasteiger partial charge in [-0.1, -0.05) is 26.7 Å². The number of hydrogen-bond acceptors (Lipinski definition) is 6. The van der Waals surface area contributed by atoms with Crippen molar-refractivity contribution in [3.63, 3.8) is 0 Å². The Bertz CT molecular complexity index is 590. The maximum Gasteiger partial charge on any atom is 0.407 e. The Labute approximate surface area is 239 Å². The molecule has 3 rings (SSSR count). The summed E-state index contributed by atoms with van der Waals surface area (Å²) in [5.41, 5.74) is 0. The lowest BCUT2D eigenvalue weighted by Crippen LogP contribution is -2.43. The molecule has 0 radical (unpaired) electrons. The number of amides is 3. The molecular weight excluding hydrogens is 522 g/mol. The average molecular weight is 578 g/mol. The fourth-order valence-corrected chi connectivity index (χ4v) is 5.10. The van der Waals surface area contributed by atoms with Crippen molar-refractivity contribution in [2.75, 3.05) is 39.5 Å². The van der Waals surface area contributed by atoms with Gasteiger partial charge in [0, 0.05) is 57.6 Å². The molecular formula is C28H55N3O9. The summed E-state index contributed by atoms with van der Waals surface area (Å²) in [6, 6.07) is 0.128. The van der Waals surface area contributed by atoms with Gasteiger partial charge >= 0.3 is 18.3 Å². The number of rotatable bonds is 7. The molecule has 0 aromatic heterocycles. The Morgan fingerprint density at radius 3 is 0.950 bits per heavy atom. The van der Waals surface area contributed by atoms with Crippen LogP contribution in [0.15, 0.2) is 0 Å². The minimum absolute atomic E-state index is 0.0428. The Morgan fingerprint density at radius 2 is 0.775 bits per heavy atom. The van der Waals surface area contributed by atoms with E-state index < -0.39 is 18.3 Å². The van der Waals surface area contributed by atoms with Gasteiger partial charge in [-0.15, -0.1) is 0 Å². The van der Waals surface area contributed by atoms with E-state index in [1.165, 1.54) is 27.5 Å². The largest absolute Gasteiger partial charge is 0.465 e. The van der Waals surface area contributed by atoms with Crippen LogP contribution >= 0.6 is 0 Å². The molecule has 12 heteroatoms. The molecule has 0 spiro atoms. The lowest BCUT2D eigenvalue weighted by atomic mass is 10.0. The van der Waals surface area contributed by atoms with Crippen molar-refractivity contribution in [3.8, 4) is 0 Å². The Hall–Kier alpha value is -2.31. The lowest BCUT2D eigenvalue weighted by molar-refractivity contribution is 0.0939. The van der Waals surface area contributed by atoms with Crippen molar-refractivity contribution in [1.29, 1.82) is 0 Å². The van der Waals surface area contributed by atoms with Crippen LogP contribution in [0.4, 0.5) is 14.4 Å². The molecule has 3 aliphatic heterocycles. The summed E-state index contributed by atoms with van der Waals surface area (Å²) in [4.78, 5) is 36.4.